The largest absolute Gasteiger partial charge is 0.477 e. The number of benzene rings is 1. The Labute approximate surface area is 97.3 Å². The number of hydrogen-bond donors (Lipinski definition) is 1. The predicted molar refractivity (Wildman–Crippen MR) is 59.9 cm³/mol. The molecule has 2 aromatic rings. The Kier molecular flexibility index (Phi) is 2.91. The molecule has 0 radical (unpaired) electrons. The second-order valence-corrected chi connectivity index (χ2v) is 3.57. The molecule has 4 nitrogen and oxygen atoms in total. The normalized spacial score (nSPS) is 10.5. The summed E-state index contributed by atoms with van der Waals surface area (Å²) in [7, 11) is 0. The Morgan fingerprint density at radius 3 is 2.82 bits per heavy atom. The Balaban J connectivity index is 2.57. The molecule has 0 saturated heterocycles. The maximum absolute atomic E-state index is 13.1. The molecule has 0 saturated carbocycles. The lowest BCUT2D eigenvalue weighted by Crippen LogP contribution is -2.08. The number of aromatic nitrogens is 2. The summed E-state index contributed by atoms with van der Waals surface area (Å²) in [5.74, 6) is -1.51. The van der Waals surface area contributed by atoms with Gasteiger partial charge >= 0.3 is 5.97 Å². The van der Waals surface area contributed by atoms with Gasteiger partial charge in [-0.2, -0.15) is 5.10 Å². The zero-order valence-electron chi connectivity index (χ0n) is 9.22. The van der Waals surface area contributed by atoms with Crippen LogP contribution < -0.4 is 0 Å². The van der Waals surface area contributed by atoms with Crippen LogP contribution in [0.3, 0.4) is 0 Å². The van der Waals surface area contributed by atoms with E-state index in [1.165, 1.54) is 28.9 Å². The van der Waals surface area contributed by atoms with Crippen LogP contribution in [0.25, 0.3) is 5.69 Å². The number of aryl methyl sites for hydroxylation is 1. The molecule has 0 spiro atoms. The molecule has 2 rings (SSSR count). The standard InChI is InChI=1S/C12H11FN2O2/c1-2-9-7-11(12(16)17)15(14-9)10-5-3-4-8(13)6-10/h3-7H,2H2,1H3,(H,16,17). The van der Waals surface area contributed by atoms with Gasteiger partial charge in [0.2, 0.25) is 0 Å². The van der Waals surface area contributed by atoms with Crippen molar-refractivity contribution in [3.8, 4) is 5.69 Å². The summed E-state index contributed by atoms with van der Waals surface area (Å²) >= 11 is 0. The first-order valence-corrected chi connectivity index (χ1v) is 5.20. The quantitative estimate of drug-likeness (QED) is 0.886. The Bertz CT molecular complexity index is 563. The number of carbonyl (C=O) groups is 1. The number of hydrogen-bond acceptors (Lipinski definition) is 2. The number of nitrogens with zero attached hydrogens (tertiary/aromatic N) is 2. The van der Waals surface area contributed by atoms with E-state index in [1.54, 1.807) is 6.07 Å². The molecular formula is C12H11FN2O2. The van der Waals surface area contributed by atoms with Gasteiger partial charge in [0.05, 0.1) is 11.4 Å². The van der Waals surface area contributed by atoms with Crippen LogP contribution in [0.2, 0.25) is 0 Å². The first kappa shape index (κ1) is 11.3. The molecule has 5 heteroatoms. The number of carboxylic acid groups (broad SMARTS) is 1. The van der Waals surface area contributed by atoms with Crippen LogP contribution in [0.1, 0.15) is 23.1 Å². The van der Waals surface area contributed by atoms with Crippen LogP contribution in [0.15, 0.2) is 30.3 Å². The van der Waals surface area contributed by atoms with Crippen molar-refractivity contribution in [2.75, 3.05) is 0 Å². The summed E-state index contributed by atoms with van der Waals surface area (Å²) in [5.41, 5.74) is 1.10. The fourth-order valence-electron chi connectivity index (χ4n) is 1.56. The molecule has 88 valence electrons. The summed E-state index contributed by atoms with van der Waals surface area (Å²) in [5, 5.41) is 13.2. The minimum absolute atomic E-state index is 0.0347. The van der Waals surface area contributed by atoms with Crippen molar-refractivity contribution in [1.29, 1.82) is 0 Å². The Hall–Kier alpha value is -2.17. The van der Waals surface area contributed by atoms with Gasteiger partial charge in [-0.05, 0) is 30.7 Å². The topological polar surface area (TPSA) is 55.1 Å². The fraction of sp³-hybridized carbons (Fsp3) is 0.167. The highest BCUT2D eigenvalue weighted by molar-refractivity contribution is 5.86. The summed E-state index contributed by atoms with van der Waals surface area (Å²) in [4.78, 5) is 11.1. The minimum Gasteiger partial charge on any atom is -0.477 e. The van der Waals surface area contributed by atoms with Gasteiger partial charge < -0.3 is 5.11 Å². The average molecular weight is 234 g/mol. The number of carboxylic acids is 1. The van der Waals surface area contributed by atoms with Gasteiger partial charge in [-0.25, -0.2) is 13.9 Å². The smallest absolute Gasteiger partial charge is 0.354 e. The third kappa shape index (κ3) is 2.18. The van der Waals surface area contributed by atoms with E-state index in [-0.39, 0.29) is 5.69 Å². The van der Waals surface area contributed by atoms with E-state index >= 15 is 0 Å². The van der Waals surface area contributed by atoms with Crippen molar-refractivity contribution in [2.45, 2.75) is 13.3 Å². The van der Waals surface area contributed by atoms with Crippen molar-refractivity contribution < 1.29 is 14.3 Å². The SMILES string of the molecule is CCc1cc(C(=O)O)n(-c2cccc(F)c2)n1. The fourth-order valence-corrected chi connectivity index (χ4v) is 1.56. The van der Waals surface area contributed by atoms with E-state index in [0.717, 1.165) is 0 Å². The molecule has 0 atom stereocenters. The van der Waals surface area contributed by atoms with Crippen LogP contribution in [0, 0.1) is 5.82 Å². The molecular weight excluding hydrogens is 223 g/mol. The predicted octanol–water partition coefficient (Wildman–Crippen LogP) is 2.27. The first-order valence-electron chi connectivity index (χ1n) is 5.20. The average Bonchev–Trinajstić information content (AvgIpc) is 2.73. The zero-order valence-corrected chi connectivity index (χ0v) is 9.22. The summed E-state index contributed by atoms with van der Waals surface area (Å²) in [6.07, 6.45) is 0.628. The summed E-state index contributed by atoms with van der Waals surface area (Å²) < 4.78 is 14.3. The van der Waals surface area contributed by atoms with E-state index in [9.17, 15) is 9.18 Å². The van der Waals surface area contributed by atoms with Crippen LogP contribution >= 0.6 is 0 Å². The minimum atomic E-state index is -1.08. The number of rotatable bonds is 3. The third-order valence-corrected chi connectivity index (χ3v) is 2.39. The van der Waals surface area contributed by atoms with Crippen molar-refractivity contribution in [3.63, 3.8) is 0 Å². The molecule has 0 aliphatic rings. The molecule has 0 aliphatic heterocycles. The zero-order chi connectivity index (χ0) is 12.4. The van der Waals surface area contributed by atoms with Gasteiger partial charge in [0.25, 0.3) is 0 Å². The van der Waals surface area contributed by atoms with Crippen molar-refractivity contribution >= 4 is 5.97 Å². The lowest BCUT2D eigenvalue weighted by atomic mass is 10.3. The first-order chi connectivity index (χ1) is 8.11. The second-order valence-electron chi connectivity index (χ2n) is 3.57. The molecule has 0 fully saturated rings. The van der Waals surface area contributed by atoms with Gasteiger partial charge in [0.15, 0.2) is 5.69 Å². The number of aromatic carboxylic acids is 1. The maximum atomic E-state index is 13.1. The van der Waals surface area contributed by atoms with Crippen molar-refractivity contribution in [3.05, 3.63) is 47.5 Å². The Morgan fingerprint density at radius 1 is 1.47 bits per heavy atom. The highest BCUT2D eigenvalue weighted by Crippen LogP contribution is 2.14. The molecule has 0 unspecified atom stereocenters. The molecule has 17 heavy (non-hydrogen) atoms. The van der Waals surface area contributed by atoms with E-state index in [1.807, 2.05) is 6.92 Å². The van der Waals surface area contributed by atoms with E-state index in [0.29, 0.717) is 17.8 Å². The molecule has 1 aromatic carbocycles. The van der Waals surface area contributed by atoms with Gasteiger partial charge in [-0.15, -0.1) is 0 Å². The van der Waals surface area contributed by atoms with Crippen molar-refractivity contribution in [1.82, 2.24) is 9.78 Å². The lowest BCUT2D eigenvalue weighted by molar-refractivity contribution is 0.0687. The van der Waals surface area contributed by atoms with E-state index in [2.05, 4.69) is 5.10 Å². The monoisotopic (exact) mass is 234 g/mol. The van der Waals surface area contributed by atoms with E-state index < -0.39 is 11.8 Å². The van der Waals surface area contributed by atoms with Gasteiger partial charge in [-0.1, -0.05) is 13.0 Å². The lowest BCUT2D eigenvalue weighted by Gasteiger charge is -2.03. The third-order valence-electron chi connectivity index (χ3n) is 2.39. The van der Waals surface area contributed by atoms with Crippen LogP contribution in [-0.2, 0) is 6.42 Å². The molecule has 0 bridgehead atoms. The summed E-state index contributed by atoms with van der Waals surface area (Å²) in [6, 6.07) is 7.17. The molecule has 1 N–H and O–H groups in total. The van der Waals surface area contributed by atoms with Crippen LogP contribution in [-0.4, -0.2) is 20.9 Å². The molecule has 0 amide bonds. The molecule has 1 heterocycles. The molecule has 0 aliphatic carbocycles. The number of halogens is 1. The van der Waals surface area contributed by atoms with Gasteiger partial charge in [0.1, 0.15) is 5.82 Å². The summed E-state index contributed by atoms with van der Waals surface area (Å²) in [6.45, 7) is 1.88. The maximum Gasteiger partial charge on any atom is 0.354 e. The van der Waals surface area contributed by atoms with Crippen LogP contribution in [0.4, 0.5) is 4.39 Å². The van der Waals surface area contributed by atoms with E-state index in [4.69, 9.17) is 5.11 Å². The highest BCUT2D eigenvalue weighted by Gasteiger charge is 2.15. The molecule has 1 aromatic heterocycles. The second kappa shape index (κ2) is 4.37. The van der Waals surface area contributed by atoms with Crippen molar-refractivity contribution in [2.24, 2.45) is 0 Å². The highest BCUT2D eigenvalue weighted by atomic mass is 19.1. The van der Waals surface area contributed by atoms with Crippen LogP contribution in [0.5, 0.6) is 0 Å². The van der Waals surface area contributed by atoms with Gasteiger partial charge in [-0.3, -0.25) is 0 Å². The van der Waals surface area contributed by atoms with Gasteiger partial charge in [0, 0.05) is 0 Å². The Morgan fingerprint density at radius 2 is 2.24 bits per heavy atom.